The van der Waals surface area contributed by atoms with E-state index in [0.717, 1.165) is 0 Å². The molecule has 124 valence electrons. The number of ether oxygens (including phenoxy) is 3. The molecule has 1 N–H and O–H groups in total. The number of carbonyl (C=O) groups excluding carboxylic acids is 1. The molecule has 0 saturated carbocycles. The van der Waals surface area contributed by atoms with E-state index >= 15 is 0 Å². The molecule has 0 saturated heterocycles. The molecule has 0 spiro atoms. The molecule has 8 heteroatoms. The van der Waals surface area contributed by atoms with E-state index in [1.165, 1.54) is 19.2 Å². The topological polar surface area (TPSA) is 99.9 Å². The van der Waals surface area contributed by atoms with E-state index in [4.69, 9.17) is 14.2 Å². The van der Waals surface area contributed by atoms with Crippen molar-refractivity contribution >= 4 is 17.3 Å². The van der Waals surface area contributed by atoms with E-state index in [1.807, 2.05) is 0 Å². The van der Waals surface area contributed by atoms with Crippen molar-refractivity contribution in [2.45, 2.75) is 0 Å². The minimum atomic E-state index is -0.584. The van der Waals surface area contributed by atoms with Crippen LogP contribution in [0.1, 0.15) is 10.4 Å². The van der Waals surface area contributed by atoms with Gasteiger partial charge in [-0.25, -0.2) is 0 Å². The molecule has 2 aromatic carbocycles. The van der Waals surface area contributed by atoms with E-state index in [9.17, 15) is 14.9 Å². The van der Waals surface area contributed by atoms with Crippen LogP contribution in [0.5, 0.6) is 17.2 Å². The fraction of sp³-hybridized carbons (Fsp3) is 0.188. The second-order valence-electron chi connectivity index (χ2n) is 4.96. The number of hydrogen-bond acceptors (Lipinski definition) is 6. The largest absolute Gasteiger partial charge is 0.497 e. The molecule has 0 fully saturated rings. The summed E-state index contributed by atoms with van der Waals surface area (Å²) in [4.78, 5) is 23.0. The van der Waals surface area contributed by atoms with Crippen molar-refractivity contribution in [2.75, 3.05) is 25.6 Å². The van der Waals surface area contributed by atoms with Gasteiger partial charge in [0.25, 0.3) is 11.6 Å². The summed E-state index contributed by atoms with van der Waals surface area (Å²) in [6.45, 7) is 0.660. The maximum absolute atomic E-state index is 12.4. The van der Waals surface area contributed by atoms with Crippen LogP contribution in [-0.2, 0) is 0 Å². The van der Waals surface area contributed by atoms with Gasteiger partial charge < -0.3 is 19.5 Å². The molecule has 2 aromatic rings. The Hall–Kier alpha value is -3.29. The quantitative estimate of drug-likeness (QED) is 0.683. The van der Waals surface area contributed by atoms with Crippen LogP contribution in [0.4, 0.5) is 11.4 Å². The van der Waals surface area contributed by atoms with Gasteiger partial charge in [-0.05, 0) is 18.2 Å². The highest BCUT2D eigenvalue weighted by Crippen LogP contribution is 2.39. The van der Waals surface area contributed by atoms with Crippen molar-refractivity contribution in [3.05, 3.63) is 52.1 Å². The molecule has 0 aliphatic carbocycles. The number of nitrogens with zero attached hydrogens (tertiary/aromatic N) is 1. The first-order valence-corrected chi connectivity index (χ1v) is 7.12. The summed E-state index contributed by atoms with van der Waals surface area (Å²) in [7, 11) is 1.49. The van der Waals surface area contributed by atoms with E-state index in [2.05, 4.69) is 5.32 Å². The molecule has 0 atom stereocenters. The summed E-state index contributed by atoms with van der Waals surface area (Å²) in [5.41, 5.74) is 0.0890. The standard InChI is InChI=1S/C16H14N2O6/c1-22-11-4-2-3-10(7-11)16(19)17-12-8-14-15(24-6-5-23-14)9-13(12)18(20)21/h2-4,7-9H,5-6H2,1H3,(H,17,19). The van der Waals surface area contributed by atoms with E-state index in [1.54, 1.807) is 24.3 Å². The number of fused-ring (bicyclic) bond motifs is 1. The minimum absolute atomic E-state index is 0.0390. The summed E-state index contributed by atoms with van der Waals surface area (Å²) >= 11 is 0. The first-order chi connectivity index (χ1) is 11.6. The van der Waals surface area contributed by atoms with Gasteiger partial charge in [0.05, 0.1) is 18.1 Å². The molecule has 1 amide bonds. The lowest BCUT2D eigenvalue weighted by Crippen LogP contribution is -2.17. The average molecular weight is 330 g/mol. The van der Waals surface area contributed by atoms with Gasteiger partial charge in [0, 0.05) is 11.6 Å². The lowest BCUT2D eigenvalue weighted by Gasteiger charge is -2.19. The Kier molecular flexibility index (Phi) is 4.19. The maximum Gasteiger partial charge on any atom is 0.296 e. The fourth-order valence-corrected chi connectivity index (χ4v) is 2.29. The molecule has 1 aliphatic rings. The molecular weight excluding hydrogens is 316 g/mol. The number of nitro benzene ring substituents is 1. The predicted octanol–water partition coefficient (Wildman–Crippen LogP) is 2.63. The Labute approximate surface area is 137 Å². The number of nitro groups is 1. The van der Waals surface area contributed by atoms with Crippen molar-refractivity contribution < 1.29 is 23.9 Å². The van der Waals surface area contributed by atoms with Crippen molar-refractivity contribution in [3.63, 3.8) is 0 Å². The van der Waals surface area contributed by atoms with Crippen molar-refractivity contribution in [1.82, 2.24) is 0 Å². The second kappa shape index (κ2) is 6.45. The lowest BCUT2D eigenvalue weighted by molar-refractivity contribution is -0.384. The zero-order valence-corrected chi connectivity index (χ0v) is 12.8. The second-order valence-corrected chi connectivity index (χ2v) is 4.96. The first kappa shape index (κ1) is 15.6. The Morgan fingerprint density at radius 2 is 1.92 bits per heavy atom. The van der Waals surface area contributed by atoms with E-state index in [0.29, 0.717) is 30.3 Å². The zero-order valence-electron chi connectivity index (χ0n) is 12.8. The SMILES string of the molecule is COc1cccc(C(=O)Nc2cc3c(cc2[N+](=O)[O-])OCCO3)c1. The summed E-state index contributed by atoms with van der Waals surface area (Å²) < 4.78 is 15.8. The Morgan fingerprint density at radius 3 is 2.58 bits per heavy atom. The first-order valence-electron chi connectivity index (χ1n) is 7.12. The van der Waals surface area contributed by atoms with Crippen LogP contribution >= 0.6 is 0 Å². The molecule has 0 radical (unpaired) electrons. The lowest BCUT2D eigenvalue weighted by atomic mass is 10.1. The molecule has 8 nitrogen and oxygen atoms in total. The van der Waals surface area contributed by atoms with Gasteiger partial charge in [0.1, 0.15) is 24.7 Å². The number of carbonyl (C=O) groups is 1. The molecular formula is C16H14N2O6. The number of amides is 1. The third-order valence-corrected chi connectivity index (χ3v) is 3.44. The zero-order chi connectivity index (χ0) is 17.1. The third kappa shape index (κ3) is 3.07. The summed E-state index contributed by atoms with van der Waals surface area (Å²) in [6.07, 6.45) is 0. The molecule has 0 unspecified atom stereocenters. The van der Waals surface area contributed by atoms with Gasteiger partial charge in [0.15, 0.2) is 11.5 Å². The number of anilines is 1. The molecule has 1 heterocycles. The highest BCUT2D eigenvalue weighted by molar-refractivity contribution is 6.05. The maximum atomic E-state index is 12.4. The van der Waals surface area contributed by atoms with Crippen LogP contribution < -0.4 is 19.5 Å². The smallest absolute Gasteiger partial charge is 0.296 e. The number of methoxy groups -OCH3 is 1. The van der Waals surface area contributed by atoms with Gasteiger partial charge in [-0.15, -0.1) is 0 Å². The van der Waals surface area contributed by atoms with Crippen LogP contribution in [-0.4, -0.2) is 31.2 Å². The predicted molar refractivity (Wildman–Crippen MR) is 85.0 cm³/mol. The Morgan fingerprint density at radius 1 is 1.21 bits per heavy atom. The molecule has 0 aromatic heterocycles. The van der Waals surface area contributed by atoms with Crippen LogP contribution in [0.25, 0.3) is 0 Å². The summed E-state index contributed by atoms with van der Waals surface area (Å²) in [5, 5.41) is 13.8. The van der Waals surface area contributed by atoms with E-state index in [-0.39, 0.29) is 17.1 Å². The third-order valence-electron chi connectivity index (χ3n) is 3.44. The fourth-order valence-electron chi connectivity index (χ4n) is 2.29. The van der Waals surface area contributed by atoms with Gasteiger partial charge in [-0.2, -0.15) is 0 Å². The number of benzene rings is 2. The molecule has 3 rings (SSSR count). The van der Waals surface area contributed by atoms with Crippen LogP contribution in [0.3, 0.4) is 0 Å². The highest BCUT2D eigenvalue weighted by Gasteiger charge is 2.23. The van der Waals surface area contributed by atoms with Crippen molar-refractivity contribution in [2.24, 2.45) is 0 Å². The summed E-state index contributed by atoms with van der Waals surface area (Å²) in [6, 6.07) is 9.12. The highest BCUT2D eigenvalue weighted by atomic mass is 16.6. The number of hydrogen-bond donors (Lipinski definition) is 1. The van der Waals surface area contributed by atoms with Crippen LogP contribution in [0.2, 0.25) is 0 Å². The number of rotatable bonds is 4. The molecule has 1 aliphatic heterocycles. The van der Waals surface area contributed by atoms with Gasteiger partial charge in [0.2, 0.25) is 0 Å². The van der Waals surface area contributed by atoms with Gasteiger partial charge in [-0.1, -0.05) is 6.07 Å². The molecule has 0 bridgehead atoms. The van der Waals surface area contributed by atoms with Crippen LogP contribution in [0, 0.1) is 10.1 Å². The van der Waals surface area contributed by atoms with Gasteiger partial charge >= 0.3 is 0 Å². The normalized spacial score (nSPS) is 12.4. The van der Waals surface area contributed by atoms with Gasteiger partial charge in [-0.3, -0.25) is 14.9 Å². The van der Waals surface area contributed by atoms with E-state index < -0.39 is 10.8 Å². The molecule has 24 heavy (non-hydrogen) atoms. The van der Waals surface area contributed by atoms with Crippen molar-refractivity contribution in [1.29, 1.82) is 0 Å². The summed E-state index contributed by atoms with van der Waals surface area (Å²) in [5.74, 6) is 0.660. The average Bonchev–Trinajstić information content (AvgIpc) is 2.61. The number of nitrogens with one attached hydrogen (secondary N) is 1. The Bertz CT molecular complexity index is 805. The van der Waals surface area contributed by atoms with Crippen LogP contribution in [0.15, 0.2) is 36.4 Å². The minimum Gasteiger partial charge on any atom is -0.497 e. The Balaban J connectivity index is 1.93. The monoisotopic (exact) mass is 330 g/mol. The van der Waals surface area contributed by atoms with Crippen molar-refractivity contribution in [3.8, 4) is 17.2 Å².